The van der Waals surface area contributed by atoms with E-state index < -0.39 is 0 Å². The van der Waals surface area contributed by atoms with Gasteiger partial charge in [0, 0.05) is 16.3 Å². The second kappa shape index (κ2) is 8.55. The lowest BCUT2D eigenvalue weighted by atomic mass is 9.87. The average molecular weight is 520 g/mol. The molecule has 1 nitrogen and oxygen atoms in total. The van der Waals surface area contributed by atoms with Gasteiger partial charge in [-0.05, 0) is 67.2 Å². The van der Waals surface area contributed by atoms with Crippen LogP contribution in [0.3, 0.4) is 0 Å². The molecule has 0 aliphatic carbocycles. The van der Waals surface area contributed by atoms with Gasteiger partial charge in [-0.25, -0.2) is 0 Å². The van der Waals surface area contributed by atoms with Crippen LogP contribution in [-0.4, -0.2) is 4.57 Å². The molecule has 9 aromatic rings. The van der Waals surface area contributed by atoms with Crippen molar-refractivity contribution in [3.8, 4) is 27.9 Å². The molecule has 0 aliphatic heterocycles. The summed E-state index contributed by atoms with van der Waals surface area (Å²) >= 11 is 0. The number of benzene rings is 8. The van der Waals surface area contributed by atoms with Crippen molar-refractivity contribution in [3.63, 3.8) is 0 Å². The van der Waals surface area contributed by atoms with E-state index in [1.165, 1.54) is 82.1 Å². The van der Waals surface area contributed by atoms with E-state index in [-0.39, 0.29) is 0 Å². The molecule has 0 saturated carbocycles. The third-order valence-electron chi connectivity index (χ3n) is 8.76. The molecule has 41 heavy (non-hydrogen) atoms. The van der Waals surface area contributed by atoms with Crippen molar-refractivity contribution in [1.29, 1.82) is 0 Å². The van der Waals surface area contributed by atoms with Gasteiger partial charge >= 0.3 is 0 Å². The third-order valence-corrected chi connectivity index (χ3v) is 8.76. The number of rotatable bonds is 3. The Kier molecular flexibility index (Phi) is 4.67. The summed E-state index contributed by atoms with van der Waals surface area (Å²) in [6.07, 6.45) is 0. The molecule has 0 atom stereocenters. The van der Waals surface area contributed by atoms with E-state index in [0.29, 0.717) is 0 Å². The summed E-state index contributed by atoms with van der Waals surface area (Å²) in [6.45, 7) is 0. The normalized spacial score (nSPS) is 11.9. The summed E-state index contributed by atoms with van der Waals surface area (Å²) in [5.74, 6) is 0. The van der Waals surface area contributed by atoms with Gasteiger partial charge in [0.1, 0.15) is 0 Å². The molecule has 1 heterocycles. The number of para-hydroxylation sites is 3. The molecule has 0 aliphatic rings. The Balaban J connectivity index is 1.37. The Bertz CT molecular complexity index is 2360. The monoisotopic (exact) mass is 519 g/mol. The van der Waals surface area contributed by atoms with Gasteiger partial charge < -0.3 is 4.57 Å². The van der Waals surface area contributed by atoms with Gasteiger partial charge in [0.15, 0.2) is 0 Å². The maximum absolute atomic E-state index is 2.44. The quantitative estimate of drug-likeness (QED) is 0.205. The Morgan fingerprint density at radius 2 is 0.829 bits per heavy atom. The first-order valence-corrected chi connectivity index (χ1v) is 14.2. The highest BCUT2D eigenvalue weighted by molar-refractivity contribution is 6.27. The molecule has 0 radical (unpaired) electrons. The van der Waals surface area contributed by atoms with Gasteiger partial charge in [0.25, 0.3) is 0 Å². The van der Waals surface area contributed by atoms with Gasteiger partial charge in [-0.2, -0.15) is 0 Å². The topological polar surface area (TPSA) is 4.93 Å². The van der Waals surface area contributed by atoms with E-state index in [2.05, 4.69) is 156 Å². The molecule has 0 fully saturated rings. The minimum absolute atomic E-state index is 1.20. The highest BCUT2D eigenvalue weighted by Crippen LogP contribution is 2.44. The molecule has 9 rings (SSSR count). The summed E-state index contributed by atoms with van der Waals surface area (Å²) in [7, 11) is 0. The molecule has 0 bridgehead atoms. The molecule has 0 unspecified atom stereocenters. The molecule has 190 valence electrons. The van der Waals surface area contributed by atoms with E-state index in [4.69, 9.17) is 0 Å². The van der Waals surface area contributed by atoms with Crippen molar-refractivity contribution >= 4 is 54.1 Å². The molecule has 8 aromatic carbocycles. The molecular weight excluding hydrogens is 494 g/mol. The zero-order valence-electron chi connectivity index (χ0n) is 22.4. The summed E-state index contributed by atoms with van der Waals surface area (Å²) in [5, 5.41) is 10.4. The van der Waals surface area contributed by atoms with Crippen LogP contribution in [0.5, 0.6) is 0 Å². The lowest BCUT2D eigenvalue weighted by Crippen LogP contribution is -1.97. The van der Waals surface area contributed by atoms with E-state index in [0.717, 1.165) is 0 Å². The van der Waals surface area contributed by atoms with Crippen LogP contribution in [0.25, 0.3) is 82.1 Å². The summed E-state index contributed by atoms with van der Waals surface area (Å²) in [4.78, 5) is 0. The van der Waals surface area contributed by atoms with Gasteiger partial charge in [-0.1, -0.05) is 133 Å². The SMILES string of the molecule is c1ccc(-c2ccc3ccc4c(-c5ccccc5-n5c6ccccc6c6ccccc65)ccc5ccc2c3c54)cc1. The van der Waals surface area contributed by atoms with Crippen LogP contribution in [0.4, 0.5) is 0 Å². The number of fused-ring (bicyclic) bond motifs is 3. The molecular formula is C40H25N. The molecule has 0 saturated heterocycles. The zero-order chi connectivity index (χ0) is 26.9. The van der Waals surface area contributed by atoms with Gasteiger partial charge in [0.05, 0.1) is 16.7 Å². The minimum Gasteiger partial charge on any atom is -0.309 e. The summed E-state index contributed by atoms with van der Waals surface area (Å²) in [5.41, 5.74) is 8.68. The Labute approximate surface area is 237 Å². The van der Waals surface area contributed by atoms with Crippen LogP contribution >= 0.6 is 0 Å². The second-order valence-corrected chi connectivity index (χ2v) is 10.9. The predicted octanol–water partition coefficient (Wildman–Crippen LogP) is 11.0. The maximum Gasteiger partial charge on any atom is 0.0541 e. The Morgan fingerprint density at radius 1 is 0.317 bits per heavy atom. The molecule has 0 spiro atoms. The molecule has 1 aromatic heterocycles. The highest BCUT2D eigenvalue weighted by Gasteiger charge is 2.18. The third kappa shape index (κ3) is 3.18. The van der Waals surface area contributed by atoms with Gasteiger partial charge in [-0.3, -0.25) is 0 Å². The van der Waals surface area contributed by atoms with Crippen LogP contribution in [0.1, 0.15) is 0 Å². The van der Waals surface area contributed by atoms with Crippen molar-refractivity contribution in [3.05, 3.63) is 152 Å². The van der Waals surface area contributed by atoms with Crippen molar-refractivity contribution in [1.82, 2.24) is 4.57 Å². The van der Waals surface area contributed by atoms with Crippen molar-refractivity contribution in [2.24, 2.45) is 0 Å². The van der Waals surface area contributed by atoms with E-state index >= 15 is 0 Å². The molecule has 0 amide bonds. The van der Waals surface area contributed by atoms with E-state index in [9.17, 15) is 0 Å². The fourth-order valence-electron chi connectivity index (χ4n) is 6.98. The van der Waals surface area contributed by atoms with Crippen LogP contribution in [0.2, 0.25) is 0 Å². The molecule has 0 N–H and O–H groups in total. The lowest BCUT2D eigenvalue weighted by Gasteiger charge is -2.19. The first-order chi connectivity index (χ1) is 20.4. The Hall–Kier alpha value is -5.40. The predicted molar refractivity (Wildman–Crippen MR) is 175 cm³/mol. The fourth-order valence-corrected chi connectivity index (χ4v) is 6.98. The van der Waals surface area contributed by atoms with Crippen molar-refractivity contribution in [2.75, 3.05) is 0 Å². The lowest BCUT2D eigenvalue weighted by molar-refractivity contribution is 1.18. The van der Waals surface area contributed by atoms with Crippen molar-refractivity contribution < 1.29 is 0 Å². The highest BCUT2D eigenvalue weighted by atomic mass is 15.0. The number of hydrogen-bond donors (Lipinski definition) is 0. The van der Waals surface area contributed by atoms with Crippen LogP contribution < -0.4 is 0 Å². The summed E-state index contributed by atoms with van der Waals surface area (Å²) in [6, 6.07) is 55.5. The zero-order valence-corrected chi connectivity index (χ0v) is 22.4. The fraction of sp³-hybridized carbons (Fsp3) is 0. The number of hydrogen-bond acceptors (Lipinski definition) is 0. The number of aromatic nitrogens is 1. The minimum atomic E-state index is 1.20. The maximum atomic E-state index is 2.44. The summed E-state index contributed by atoms with van der Waals surface area (Å²) < 4.78 is 2.44. The van der Waals surface area contributed by atoms with Crippen molar-refractivity contribution in [2.45, 2.75) is 0 Å². The smallest absolute Gasteiger partial charge is 0.0541 e. The largest absolute Gasteiger partial charge is 0.309 e. The Morgan fingerprint density at radius 3 is 1.51 bits per heavy atom. The van der Waals surface area contributed by atoms with E-state index in [1.807, 2.05) is 0 Å². The number of nitrogens with zero attached hydrogens (tertiary/aromatic N) is 1. The molecule has 1 heteroatoms. The average Bonchev–Trinajstić information content (AvgIpc) is 3.38. The standard InChI is InChI=1S/C40H25N/c1-2-10-26(11-3-1)29-22-18-27-21-25-35-30(23-19-28-20-24-34(29)39(27)40(28)35)31-12-4-7-15-36(31)41-37-16-8-5-13-32(37)33-14-6-9-17-38(33)41/h1-25H. The van der Waals surface area contributed by atoms with Gasteiger partial charge in [-0.15, -0.1) is 0 Å². The van der Waals surface area contributed by atoms with Crippen LogP contribution in [-0.2, 0) is 0 Å². The second-order valence-electron chi connectivity index (χ2n) is 10.9. The van der Waals surface area contributed by atoms with E-state index in [1.54, 1.807) is 0 Å². The first kappa shape index (κ1) is 22.4. The first-order valence-electron chi connectivity index (χ1n) is 14.2. The van der Waals surface area contributed by atoms with Gasteiger partial charge in [0.2, 0.25) is 0 Å². The van der Waals surface area contributed by atoms with Crippen LogP contribution in [0.15, 0.2) is 152 Å². The van der Waals surface area contributed by atoms with Crippen LogP contribution in [0, 0.1) is 0 Å².